The Balaban J connectivity index is 2.49. The average Bonchev–Trinajstić information content (AvgIpc) is 3.19. The number of methoxy groups -OCH3 is 4. The van der Waals surface area contributed by atoms with Crippen LogP contribution in [-0.4, -0.2) is 44.6 Å². The first-order valence-corrected chi connectivity index (χ1v) is 9.14. The second-order valence-electron chi connectivity index (χ2n) is 5.80. The zero-order valence-electron chi connectivity index (χ0n) is 15.9. The van der Waals surface area contributed by atoms with Crippen LogP contribution in [0.4, 0.5) is 0 Å². The van der Waals surface area contributed by atoms with Crippen LogP contribution >= 0.6 is 11.3 Å². The van der Waals surface area contributed by atoms with E-state index in [9.17, 15) is 15.0 Å². The zero-order valence-corrected chi connectivity index (χ0v) is 16.7. The van der Waals surface area contributed by atoms with Gasteiger partial charge in [0.15, 0.2) is 11.5 Å². The van der Waals surface area contributed by atoms with Crippen molar-refractivity contribution in [3.05, 3.63) is 34.7 Å². The van der Waals surface area contributed by atoms with Gasteiger partial charge in [-0.1, -0.05) is 0 Å². The van der Waals surface area contributed by atoms with Crippen molar-refractivity contribution in [1.29, 1.82) is 0 Å². The van der Waals surface area contributed by atoms with Crippen molar-refractivity contribution in [2.24, 2.45) is 0 Å². The van der Waals surface area contributed by atoms with Crippen molar-refractivity contribution in [3.8, 4) is 34.1 Å². The molecule has 148 valence electrons. The number of thiophene rings is 1. The monoisotopic (exact) mass is 404 g/mol. The van der Waals surface area contributed by atoms with Crippen LogP contribution < -0.4 is 18.9 Å². The van der Waals surface area contributed by atoms with Gasteiger partial charge in [0.2, 0.25) is 5.75 Å². The van der Waals surface area contributed by atoms with Gasteiger partial charge in [0.25, 0.3) is 0 Å². The van der Waals surface area contributed by atoms with Crippen LogP contribution in [-0.2, 0) is 6.61 Å². The molecule has 8 heteroatoms. The number of fused-ring (bicyclic) bond motifs is 1. The van der Waals surface area contributed by atoms with Crippen LogP contribution in [0, 0.1) is 0 Å². The van der Waals surface area contributed by atoms with E-state index < -0.39 is 12.6 Å². The molecule has 28 heavy (non-hydrogen) atoms. The number of hydrogen-bond acceptors (Lipinski definition) is 7. The number of aliphatic hydroxyl groups excluding tert-OH is 1. The van der Waals surface area contributed by atoms with Crippen LogP contribution in [0.5, 0.6) is 23.0 Å². The maximum atomic E-state index is 12.2. The second-order valence-corrected chi connectivity index (χ2v) is 6.72. The van der Waals surface area contributed by atoms with Gasteiger partial charge in [-0.2, -0.15) is 0 Å². The van der Waals surface area contributed by atoms with Gasteiger partial charge in [0.05, 0.1) is 40.6 Å². The van der Waals surface area contributed by atoms with E-state index in [2.05, 4.69) is 0 Å². The number of aliphatic hydroxyl groups is 1. The first-order chi connectivity index (χ1) is 13.5. The van der Waals surface area contributed by atoms with Gasteiger partial charge in [0.1, 0.15) is 5.75 Å². The predicted octanol–water partition coefficient (Wildman–Crippen LogP) is 3.79. The molecule has 0 amide bonds. The summed E-state index contributed by atoms with van der Waals surface area (Å²) in [7, 11) is 5.94. The molecular weight excluding hydrogens is 384 g/mol. The predicted molar refractivity (Wildman–Crippen MR) is 106 cm³/mol. The fourth-order valence-electron chi connectivity index (χ4n) is 3.34. The molecule has 0 radical (unpaired) electrons. The van der Waals surface area contributed by atoms with Crippen molar-refractivity contribution in [1.82, 2.24) is 0 Å². The van der Waals surface area contributed by atoms with Crippen molar-refractivity contribution in [2.45, 2.75) is 6.61 Å². The molecule has 0 saturated heterocycles. The Hall–Kier alpha value is -2.97. The Kier molecular flexibility index (Phi) is 5.62. The minimum atomic E-state index is -1.17. The Bertz CT molecular complexity index is 1010. The number of aromatic carboxylic acids is 1. The van der Waals surface area contributed by atoms with E-state index in [-0.39, 0.29) is 11.1 Å². The van der Waals surface area contributed by atoms with Crippen molar-refractivity contribution in [3.63, 3.8) is 0 Å². The van der Waals surface area contributed by atoms with E-state index >= 15 is 0 Å². The quantitative estimate of drug-likeness (QED) is 0.619. The molecule has 2 N–H and O–H groups in total. The van der Waals surface area contributed by atoms with E-state index in [0.29, 0.717) is 34.1 Å². The number of carboxylic acid groups (broad SMARTS) is 1. The van der Waals surface area contributed by atoms with Crippen LogP contribution in [0.25, 0.3) is 21.2 Å². The molecule has 1 heterocycles. The summed E-state index contributed by atoms with van der Waals surface area (Å²) in [6, 6.07) is 5.22. The molecular formula is C20H20O7S. The summed E-state index contributed by atoms with van der Waals surface area (Å²) < 4.78 is 22.3. The van der Waals surface area contributed by atoms with Crippen LogP contribution in [0.1, 0.15) is 15.9 Å². The lowest BCUT2D eigenvalue weighted by Gasteiger charge is -2.19. The molecule has 3 rings (SSSR count). The minimum Gasteiger partial charge on any atom is -0.496 e. The first kappa shape index (κ1) is 19.8. The Labute approximate surface area is 165 Å². The lowest BCUT2D eigenvalue weighted by molar-refractivity contribution is 0.0693. The lowest BCUT2D eigenvalue weighted by Crippen LogP contribution is -2.08. The summed E-state index contributed by atoms with van der Waals surface area (Å²) in [5.74, 6) is 0.399. The van der Waals surface area contributed by atoms with E-state index in [0.717, 1.165) is 10.1 Å². The highest BCUT2D eigenvalue weighted by Gasteiger charge is 2.27. The molecule has 0 unspecified atom stereocenters. The number of benzene rings is 2. The molecule has 0 aliphatic rings. The van der Waals surface area contributed by atoms with Gasteiger partial charge >= 0.3 is 5.97 Å². The van der Waals surface area contributed by atoms with Gasteiger partial charge in [-0.3, -0.25) is 0 Å². The van der Waals surface area contributed by atoms with Gasteiger partial charge in [-0.15, -0.1) is 11.3 Å². The van der Waals surface area contributed by atoms with Crippen molar-refractivity contribution < 1.29 is 34.0 Å². The average molecular weight is 404 g/mol. The molecule has 0 bridgehead atoms. The van der Waals surface area contributed by atoms with Crippen LogP contribution in [0.3, 0.4) is 0 Å². The summed E-state index contributed by atoms with van der Waals surface area (Å²) >= 11 is 1.39. The molecule has 0 fully saturated rings. The number of carboxylic acids is 1. The Morgan fingerprint density at radius 1 is 1.00 bits per heavy atom. The summed E-state index contributed by atoms with van der Waals surface area (Å²) in [6.07, 6.45) is 0. The highest BCUT2D eigenvalue weighted by Crippen LogP contribution is 2.48. The third-order valence-corrected chi connectivity index (χ3v) is 5.42. The summed E-state index contributed by atoms with van der Waals surface area (Å²) in [4.78, 5) is 12.2. The fraction of sp³-hybridized carbons (Fsp3) is 0.250. The molecule has 0 aliphatic carbocycles. The minimum absolute atomic E-state index is 0.0245. The SMILES string of the molecule is COc1cc(-c2c(C(=O)O)c(CO)c(OC)c3ccsc23)cc(OC)c1OC. The molecule has 0 saturated carbocycles. The Morgan fingerprint density at radius 3 is 2.07 bits per heavy atom. The van der Waals surface area contributed by atoms with Crippen molar-refractivity contribution >= 4 is 27.4 Å². The van der Waals surface area contributed by atoms with E-state index in [1.807, 2.05) is 11.4 Å². The smallest absolute Gasteiger partial charge is 0.336 e. The molecule has 0 atom stereocenters. The molecule has 2 aromatic carbocycles. The topological polar surface area (TPSA) is 94.5 Å². The normalized spacial score (nSPS) is 10.8. The molecule has 0 aliphatic heterocycles. The summed E-state index contributed by atoms with van der Waals surface area (Å²) in [5, 5.41) is 22.5. The van der Waals surface area contributed by atoms with Gasteiger partial charge < -0.3 is 29.2 Å². The maximum absolute atomic E-state index is 12.2. The number of carbonyl (C=O) groups is 1. The fourth-order valence-corrected chi connectivity index (χ4v) is 4.31. The largest absolute Gasteiger partial charge is 0.496 e. The third-order valence-electron chi connectivity index (χ3n) is 4.49. The molecule has 0 spiro atoms. The van der Waals surface area contributed by atoms with E-state index in [1.54, 1.807) is 12.1 Å². The molecule has 7 nitrogen and oxygen atoms in total. The first-order valence-electron chi connectivity index (χ1n) is 8.26. The highest BCUT2D eigenvalue weighted by molar-refractivity contribution is 7.17. The van der Waals surface area contributed by atoms with Gasteiger partial charge in [0, 0.05) is 21.2 Å². The third kappa shape index (κ3) is 3.00. The number of rotatable bonds is 7. The zero-order chi connectivity index (χ0) is 20.4. The molecule has 1 aromatic heterocycles. The second kappa shape index (κ2) is 7.95. The highest BCUT2D eigenvalue weighted by atomic mass is 32.1. The summed E-state index contributed by atoms with van der Waals surface area (Å²) in [5.41, 5.74) is 1.21. The van der Waals surface area contributed by atoms with Gasteiger partial charge in [-0.25, -0.2) is 4.79 Å². The summed E-state index contributed by atoms with van der Waals surface area (Å²) in [6.45, 7) is -0.478. The lowest BCUT2D eigenvalue weighted by atomic mass is 9.92. The Morgan fingerprint density at radius 2 is 1.61 bits per heavy atom. The molecule has 3 aromatic rings. The van der Waals surface area contributed by atoms with Crippen LogP contribution in [0.15, 0.2) is 23.6 Å². The number of ether oxygens (including phenoxy) is 4. The number of hydrogen-bond donors (Lipinski definition) is 2. The van der Waals surface area contributed by atoms with E-state index in [4.69, 9.17) is 18.9 Å². The van der Waals surface area contributed by atoms with Crippen molar-refractivity contribution in [2.75, 3.05) is 28.4 Å². The van der Waals surface area contributed by atoms with Gasteiger partial charge in [-0.05, 0) is 29.1 Å². The standard InChI is InChI=1S/C20H20O7S/c1-24-13-7-10(8-14(25-2)18(13)27-4)15-16(20(22)23)12(9-21)17(26-3)11-5-6-28-19(11)15/h5-8,21H,9H2,1-4H3,(H,22,23). The van der Waals surface area contributed by atoms with Crippen LogP contribution in [0.2, 0.25) is 0 Å². The maximum Gasteiger partial charge on any atom is 0.336 e. The van der Waals surface area contributed by atoms with E-state index in [1.165, 1.54) is 39.8 Å².